The number of fused-ring (bicyclic) bond motifs is 1. The van der Waals surface area contributed by atoms with Gasteiger partial charge >= 0.3 is 0 Å². The summed E-state index contributed by atoms with van der Waals surface area (Å²) in [6.07, 6.45) is 1.80. The number of benzene rings is 2. The zero-order valence-electron chi connectivity index (χ0n) is 12.3. The van der Waals surface area contributed by atoms with Crippen LogP contribution in [0.4, 0.5) is 5.69 Å². The predicted molar refractivity (Wildman–Crippen MR) is 105 cm³/mol. The number of hydrazone groups is 1. The molecule has 0 spiro atoms. The molecule has 0 fully saturated rings. The van der Waals surface area contributed by atoms with E-state index in [-0.39, 0.29) is 0 Å². The van der Waals surface area contributed by atoms with Gasteiger partial charge in [0.25, 0.3) is 0 Å². The lowest BCUT2D eigenvalue weighted by molar-refractivity contribution is 1.05. The second-order valence-electron chi connectivity index (χ2n) is 4.92. The van der Waals surface area contributed by atoms with E-state index in [0.29, 0.717) is 10.1 Å². The number of nitrogens with zero attached hydrogens (tertiary/aromatic N) is 1. The van der Waals surface area contributed by atoms with Crippen molar-refractivity contribution in [3.8, 4) is 0 Å². The van der Waals surface area contributed by atoms with E-state index in [9.17, 15) is 0 Å². The second kappa shape index (κ2) is 7.08. The van der Waals surface area contributed by atoms with Crippen LogP contribution in [0.3, 0.4) is 0 Å². The maximum absolute atomic E-state index is 5.85. The van der Waals surface area contributed by atoms with E-state index in [1.54, 1.807) is 29.7 Å². The van der Waals surface area contributed by atoms with E-state index in [0.717, 1.165) is 10.6 Å². The molecular weight excluding hydrogens is 346 g/mol. The number of halogens is 1. The smallest absolute Gasteiger partial charge is 0.191 e. The molecule has 0 amide bonds. The number of nitrogens with one attached hydrogen (secondary N) is 2. The first kappa shape index (κ1) is 15.9. The lowest BCUT2D eigenvalue weighted by Gasteiger charge is -2.06. The van der Waals surface area contributed by atoms with Gasteiger partial charge in [-0.3, -0.25) is 5.43 Å². The van der Waals surface area contributed by atoms with Crippen molar-refractivity contribution in [1.82, 2.24) is 5.43 Å². The summed E-state index contributed by atoms with van der Waals surface area (Å²) in [5.41, 5.74) is 4.92. The largest absolute Gasteiger partial charge is 0.331 e. The zero-order chi connectivity index (χ0) is 16.2. The van der Waals surface area contributed by atoms with Gasteiger partial charge in [-0.1, -0.05) is 29.8 Å². The fourth-order valence-electron chi connectivity index (χ4n) is 2.16. The minimum Gasteiger partial charge on any atom is -0.331 e. The van der Waals surface area contributed by atoms with E-state index in [1.807, 2.05) is 24.3 Å². The van der Waals surface area contributed by atoms with Crippen LogP contribution in [0.1, 0.15) is 10.4 Å². The maximum Gasteiger partial charge on any atom is 0.191 e. The summed E-state index contributed by atoms with van der Waals surface area (Å²) >= 11 is 12.8. The molecule has 0 aliphatic heterocycles. The van der Waals surface area contributed by atoms with Crippen molar-refractivity contribution in [1.29, 1.82) is 0 Å². The molecule has 0 atom stereocenters. The van der Waals surface area contributed by atoms with Gasteiger partial charge in [0.2, 0.25) is 0 Å². The molecule has 1 heterocycles. The molecule has 116 valence electrons. The highest BCUT2D eigenvalue weighted by atomic mass is 35.5. The number of hydrogen-bond donors (Lipinski definition) is 2. The van der Waals surface area contributed by atoms with Crippen LogP contribution in [0.15, 0.2) is 53.6 Å². The third-order valence-electron chi connectivity index (χ3n) is 3.33. The Kier molecular flexibility index (Phi) is 4.91. The Bertz CT molecular complexity index is 869. The molecule has 0 unspecified atom stereocenters. The standard InChI is InChI=1S/C17H14ClN3S2/c1-11-14-4-2-3-5-15(14)23-16(11)10-19-21-17(22)20-13-8-6-12(18)7-9-13/h2-10H,1H3,(H2,20,21,22)/b19-10+. The molecule has 0 radical (unpaired) electrons. The van der Waals surface area contributed by atoms with E-state index in [4.69, 9.17) is 23.8 Å². The lowest BCUT2D eigenvalue weighted by Crippen LogP contribution is -2.23. The summed E-state index contributed by atoms with van der Waals surface area (Å²) in [7, 11) is 0. The number of rotatable bonds is 3. The zero-order valence-corrected chi connectivity index (χ0v) is 14.7. The van der Waals surface area contributed by atoms with Crippen LogP contribution in [-0.2, 0) is 0 Å². The van der Waals surface area contributed by atoms with Gasteiger partial charge in [0.1, 0.15) is 0 Å². The summed E-state index contributed by atoms with van der Waals surface area (Å²) in [5.74, 6) is 0. The van der Waals surface area contributed by atoms with Crippen molar-refractivity contribution in [3.63, 3.8) is 0 Å². The van der Waals surface area contributed by atoms with Crippen molar-refractivity contribution in [2.75, 3.05) is 5.32 Å². The second-order valence-corrected chi connectivity index (χ2v) is 6.85. The van der Waals surface area contributed by atoms with Gasteiger partial charge < -0.3 is 5.32 Å². The first-order valence-electron chi connectivity index (χ1n) is 6.97. The summed E-state index contributed by atoms with van der Waals surface area (Å²) in [6.45, 7) is 2.10. The topological polar surface area (TPSA) is 36.4 Å². The highest BCUT2D eigenvalue weighted by molar-refractivity contribution is 7.80. The normalized spacial score (nSPS) is 11.0. The molecule has 0 aliphatic carbocycles. The molecule has 2 N–H and O–H groups in total. The number of anilines is 1. The Morgan fingerprint density at radius 2 is 1.91 bits per heavy atom. The highest BCUT2D eigenvalue weighted by Gasteiger charge is 2.05. The predicted octanol–water partition coefficient (Wildman–Crippen LogP) is 5.18. The first-order valence-corrected chi connectivity index (χ1v) is 8.57. The van der Waals surface area contributed by atoms with Gasteiger partial charge in [0.05, 0.1) is 11.1 Å². The van der Waals surface area contributed by atoms with Crippen molar-refractivity contribution in [2.24, 2.45) is 5.10 Å². The van der Waals surface area contributed by atoms with Gasteiger partial charge in [-0.15, -0.1) is 11.3 Å². The summed E-state index contributed by atoms with van der Waals surface area (Å²) in [5, 5.41) is 9.65. The molecule has 3 nitrogen and oxygen atoms in total. The van der Waals surface area contributed by atoms with Crippen LogP contribution in [0.25, 0.3) is 10.1 Å². The van der Waals surface area contributed by atoms with Crippen LogP contribution < -0.4 is 10.7 Å². The van der Waals surface area contributed by atoms with Crippen molar-refractivity contribution < 1.29 is 0 Å². The summed E-state index contributed by atoms with van der Waals surface area (Å²) in [6, 6.07) is 15.6. The lowest BCUT2D eigenvalue weighted by atomic mass is 10.1. The summed E-state index contributed by atoms with van der Waals surface area (Å²) < 4.78 is 1.26. The van der Waals surface area contributed by atoms with Crippen molar-refractivity contribution in [3.05, 3.63) is 64.0 Å². The van der Waals surface area contributed by atoms with E-state index in [2.05, 4.69) is 34.9 Å². The van der Waals surface area contributed by atoms with Crippen molar-refractivity contribution in [2.45, 2.75) is 6.92 Å². The minimum absolute atomic E-state index is 0.433. The molecule has 3 rings (SSSR count). The minimum atomic E-state index is 0.433. The Hall–Kier alpha value is -1.95. The molecule has 6 heteroatoms. The molecular formula is C17H14ClN3S2. The Morgan fingerprint density at radius 1 is 1.17 bits per heavy atom. The average molecular weight is 360 g/mol. The highest BCUT2D eigenvalue weighted by Crippen LogP contribution is 2.29. The number of thiophene rings is 1. The van der Waals surface area contributed by atoms with Gasteiger partial charge in [-0.05, 0) is 60.4 Å². The fourth-order valence-corrected chi connectivity index (χ4v) is 3.54. The Balaban J connectivity index is 1.64. The molecule has 23 heavy (non-hydrogen) atoms. The molecule has 0 bridgehead atoms. The number of thiocarbonyl (C=S) groups is 1. The molecule has 0 saturated carbocycles. The van der Waals surface area contributed by atoms with E-state index >= 15 is 0 Å². The fraction of sp³-hybridized carbons (Fsp3) is 0.0588. The Morgan fingerprint density at radius 3 is 2.65 bits per heavy atom. The van der Waals surface area contributed by atoms with Crippen LogP contribution in [0.5, 0.6) is 0 Å². The Labute approximate surface area is 149 Å². The SMILES string of the molecule is Cc1c(/C=N/NC(=S)Nc2ccc(Cl)cc2)sc2ccccc12. The molecule has 2 aromatic carbocycles. The van der Waals surface area contributed by atoms with Gasteiger partial charge in [-0.25, -0.2) is 0 Å². The van der Waals surface area contributed by atoms with Crippen molar-refractivity contribution >= 4 is 62.3 Å². The van der Waals surface area contributed by atoms with E-state index < -0.39 is 0 Å². The van der Waals surface area contributed by atoms with Gasteiger partial charge in [-0.2, -0.15) is 5.10 Å². The average Bonchev–Trinajstić information content (AvgIpc) is 2.86. The third-order valence-corrected chi connectivity index (χ3v) is 4.98. The first-order chi connectivity index (χ1) is 11.1. The van der Waals surface area contributed by atoms with Crippen LogP contribution in [-0.4, -0.2) is 11.3 Å². The third kappa shape index (κ3) is 3.88. The van der Waals surface area contributed by atoms with Crippen LogP contribution >= 0.6 is 35.2 Å². The van der Waals surface area contributed by atoms with E-state index in [1.165, 1.54) is 15.6 Å². The van der Waals surface area contributed by atoms with Crippen LogP contribution in [0.2, 0.25) is 5.02 Å². The monoisotopic (exact) mass is 359 g/mol. The maximum atomic E-state index is 5.85. The molecule has 0 aliphatic rings. The van der Waals surface area contributed by atoms with Gasteiger partial charge in [0, 0.05) is 15.4 Å². The van der Waals surface area contributed by atoms with Crippen LogP contribution in [0, 0.1) is 6.92 Å². The molecule has 3 aromatic rings. The number of hydrogen-bond acceptors (Lipinski definition) is 3. The molecule has 1 aromatic heterocycles. The number of aryl methyl sites for hydroxylation is 1. The quantitative estimate of drug-likeness (QED) is 0.384. The molecule has 0 saturated heterocycles. The summed E-state index contributed by atoms with van der Waals surface area (Å²) in [4.78, 5) is 1.12. The van der Waals surface area contributed by atoms with Gasteiger partial charge in [0.15, 0.2) is 5.11 Å².